The Kier molecular flexibility index (Phi) is 2.26. The first kappa shape index (κ1) is 10.7. The Morgan fingerprint density at radius 2 is 2.06 bits per heavy atom. The molecular formula is C11H9FN2O4. The minimum absolute atomic E-state index is 0.0126. The van der Waals surface area contributed by atoms with Crippen LogP contribution < -0.4 is 15.2 Å². The summed E-state index contributed by atoms with van der Waals surface area (Å²) < 4.78 is 29.0. The molecular weight excluding hydrogens is 243 g/mol. The summed E-state index contributed by atoms with van der Waals surface area (Å²) in [6.07, 6.45) is 1.29. The van der Waals surface area contributed by atoms with Gasteiger partial charge in [-0.1, -0.05) is 5.16 Å². The van der Waals surface area contributed by atoms with E-state index >= 15 is 0 Å². The number of fused-ring (bicyclic) bond motifs is 1. The summed E-state index contributed by atoms with van der Waals surface area (Å²) in [6, 6.07) is 1.44. The third kappa shape index (κ3) is 1.44. The minimum atomic E-state index is -0.886. The highest BCUT2D eigenvalue weighted by molar-refractivity contribution is 5.79. The molecule has 7 heteroatoms. The standard InChI is InChI=1S/C11H9FN2O4/c12-8-9(15)5(6-4-14-18-11(6)13)3-7-10(8)17-2-1-16-7/h3-4,15H,1-2,13H2. The smallest absolute Gasteiger partial charge is 0.230 e. The number of hydrogen-bond donors (Lipinski definition) is 2. The van der Waals surface area contributed by atoms with Crippen LogP contribution in [-0.2, 0) is 0 Å². The molecule has 0 atom stereocenters. The molecule has 0 saturated heterocycles. The van der Waals surface area contributed by atoms with E-state index in [4.69, 9.17) is 15.2 Å². The van der Waals surface area contributed by atoms with Gasteiger partial charge in [0.25, 0.3) is 0 Å². The normalized spacial score (nSPS) is 13.6. The molecule has 0 fully saturated rings. The summed E-state index contributed by atoms with van der Waals surface area (Å²) in [5.41, 5.74) is 5.98. The molecule has 94 valence electrons. The van der Waals surface area contributed by atoms with Crippen molar-refractivity contribution >= 4 is 5.88 Å². The molecule has 0 unspecified atom stereocenters. The van der Waals surface area contributed by atoms with Gasteiger partial charge in [0.15, 0.2) is 11.5 Å². The quantitative estimate of drug-likeness (QED) is 0.800. The number of nitrogen functional groups attached to an aromatic ring is 1. The summed E-state index contributed by atoms with van der Waals surface area (Å²) in [5.74, 6) is -1.36. The lowest BCUT2D eigenvalue weighted by Crippen LogP contribution is -2.16. The Bertz CT molecular complexity index is 611. The maximum atomic E-state index is 13.9. The van der Waals surface area contributed by atoms with Crippen LogP contribution in [0.5, 0.6) is 17.2 Å². The molecule has 0 amide bonds. The SMILES string of the molecule is Nc1oncc1-c1cc2c(c(F)c1O)OCCO2. The fourth-order valence-electron chi connectivity index (χ4n) is 1.79. The molecule has 1 aromatic heterocycles. The highest BCUT2D eigenvalue weighted by Gasteiger charge is 2.25. The zero-order chi connectivity index (χ0) is 12.7. The number of rotatable bonds is 1. The number of phenolic OH excluding ortho intramolecular Hbond substituents is 1. The predicted octanol–water partition coefficient (Wildman–Crippen LogP) is 1.54. The Labute approximate surface area is 101 Å². The van der Waals surface area contributed by atoms with Gasteiger partial charge >= 0.3 is 0 Å². The molecule has 0 aliphatic carbocycles. The number of aromatic nitrogens is 1. The summed E-state index contributed by atoms with van der Waals surface area (Å²) in [7, 11) is 0. The van der Waals surface area contributed by atoms with E-state index in [9.17, 15) is 9.50 Å². The van der Waals surface area contributed by atoms with E-state index in [0.29, 0.717) is 12.2 Å². The summed E-state index contributed by atoms with van der Waals surface area (Å²) in [5, 5.41) is 13.3. The molecule has 0 radical (unpaired) electrons. The van der Waals surface area contributed by atoms with Crippen molar-refractivity contribution in [2.45, 2.75) is 0 Å². The van der Waals surface area contributed by atoms with Crippen molar-refractivity contribution < 1.29 is 23.5 Å². The van der Waals surface area contributed by atoms with Crippen LogP contribution in [0.4, 0.5) is 10.3 Å². The van der Waals surface area contributed by atoms with Gasteiger partial charge < -0.3 is 24.8 Å². The van der Waals surface area contributed by atoms with Gasteiger partial charge in [-0.05, 0) is 6.07 Å². The predicted molar refractivity (Wildman–Crippen MR) is 59.0 cm³/mol. The number of ether oxygens (including phenoxy) is 2. The Morgan fingerprint density at radius 3 is 2.78 bits per heavy atom. The zero-order valence-corrected chi connectivity index (χ0v) is 9.14. The van der Waals surface area contributed by atoms with Crippen LogP contribution in [0.1, 0.15) is 0 Å². The van der Waals surface area contributed by atoms with Gasteiger partial charge in [-0.25, -0.2) is 0 Å². The van der Waals surface area contributed by atoms with Crippen molar-refractivity contribution in [1.29, 1.82) is 0 Å². The van der Waals surface area contributed by atoms with Crippen molar-refractivity contribution in [1.82, 2.24) is 5.16 Å². The number of nitrogens with zero attached hydrogens (tertiary/aromatic N) is 1. The first-order valence-electron chi connectivity index (χ1n) is 5.20. The second-order valence-corrected chi connectivity index (χ2v) is 3.71. The van der Waals surface area contributed by atoms with Crippen LogP contribution in [0.3, 0.4) is 0 Å². The third-order valence-corrected chi connectivity index (χ3v) is 2.64. The van der Waals surface area contributed by atoms with E-state index in [2.05, 4.69) is 9.68 Å². The number of benzene rings is 1. The van der Waals surface area contributed by atoms with Gasteiger partial charge in [0.1, 0.15) is 13.2 Å². The third-order valence-electron chi connectivity index (χ3n) is 2.64. The number of hydrogen-bond acceptors (Lipinski definition) is 6. The van der Waals surface area contributed by atoms with Gasteiger partial charge in [-0.3, -0.25) is 0 Å². The molecule has 2 heterocycles. The minimum Gasteiger partial charge on any atom is -0.504 e. The Hall–Kier alpha value is -2.44. The topological polar surface area (TPSA) is 90.7 Å². The molecule has 6 nitrogen and oxygen atoms in total. The molecule has 3 rings (SSSR count). The first-order chi connectivity index (χ1) is 8.68. The van der Waals surface area contributed by atoms with Crippen molar-refractivity contribution in [3.63, 3.8) is 0 Å². The van der Waals surface area contributed by atoms with E-state index < -0.39 is 11.6 Å². The zero-order valence-electron chi connectivity index (χ0n) is 9.14. The van der Waals surface area contributed by atoms with Crippen LogP contribution in [0, 0.1) is 5.82 Å². The van der Waals surface area contributed by atoms with Crippen molar-refractivity contribution in [2.75, 3.05) is 18.9 Å². The molecule has 1 aromatic carbocycles. The monoisotopic (exact) mass is 252 g/mol. The van der Waals surface area contributed by atoms with Gasteiger partial charge in [0.05, 0.1) is 11.8 Å². The summed E-state index contributed by atoms with van der Waals surface area (Å²) >= 11 is 0. The maximum absolute atomic E-state index is 13.9. The molecule has 18 heavy (non-hydrogen) atoms. The number of halogens is 1. The fraction of sp³-hybridized carbons (Fsp3) is 0.182. The van der Waals surface area contributed by atoms with Gasteiger partial charge in [0, 0.05) is 5.56 Å². The highest BCUT2D eigenvalue weighted by Crippen LogP contribution is 2.45. The Morgan fingerprint density at radius 1 is 1.28 bits per heavy atom. The van der Waals surface area contributed by atoms with Gasteiger partial charge in [-0.2, -0.15) is 4.39 Å². The lowest BCUT2D eigenvalue weighted by Gasteiger charge is -2.20. The van der Waals surface area contributed by atoms with E-state index in [1.54, 1.807) is 0 Å². The largest absolute Gasteiger partial charge is 0.504 e. The van der Waals surface area contributed by atoms with E-state index in [0.717, 1.165) is 0 Å². The molecule has 3 N–H and O–H groups in total. The molecule has 1 aliphatic heterocycles. The Balaban J connectivity index is 2.22. The van der Waals surface area contributed by atoms with Crippen LogP contribution >= 0.6 is 0 Å². The maximum Gasteiger partial charge on any atom is 0.230 e. The van der Waals surface area contributed by atoms with Gasteiger partial charge in [-0.15, -0.1) is 0 Å². The first-order valence-corrected chi connectivity index (χ1v) is 5.20. The van der Waals surface area contributed by atoms with E-state index in [1.165, 1.54) is 12.3 Å². The van der Waals surface area contributed by atoms with Crippen molar-refractivity contribution in [3.05, 3.63) is 18.1 Å². The van der Waals surface area contributed by atoms with E-state index in [1.807, 2.05) is 0 Å². The van der Waals surface area contributed by atoms with Crippen molar-refractivity contribution in [2.24, 2.45) is 0 Å². The van der Waals surface area contributed by atoms with Crippen LogP contribution in [0.15, 0.2) is 16.8 Å². The fourth-order valence-corrected chi connectivity index (χ4v) is 1.79. The van der Waals surface area contributed by atoms with Crippen molar-refractivity contribution in [3.8, 4) is 28.4 Å². The summed E-state index contributed by atoms with van der Waals surface area (Å²) in [6.45, 7) is 0.549. The summed E-state index contributed by atoms with van der Waals surface area (Å²) in [4.78, 5) is 0. The molecule has 2 aromatic rings. The highest BCUT2D eigenvalue weighted by atomic mass is 19.1. The number of anilines is 1. The average molecular weight is 252 g/mol. The second-order valence-electron chi connectivity index (χ2n) is 3.71. The average Bonchev–Trinajstić information content (AvgIpc) is 2.80. The molecule has 0 saturated carbocycles. The van der Waals surface area contributed by atoms with E-state index in [-0.39, 0.29) is 29.6 Å². The molecule has 0 spiro atoms. The lowest BCUT2D eigenvalue weighted by molar-refractivity contribution is 0.163. The lowest BCUT2D eigenvalue weighted by atomic mass is 10.1. The number of phenols is 1. The van der Waals surface area contributed by atoms with Gasteiger partial charge in [0.2, 0.25) is 17.5 Å². The second kappa shape index (κ2) is 3.80. The molecule has 1 aliphatic rings. The van der Waals surface area contributed by atoms with Crippen LogP contribution in [-0.4, -0.2) is 23.5 Å². The number of nitrogens with two attached hydrogens (primary N) is 1. The van der Waals surface area contributed by atoms with Crippen LogP contribution in [0.25, 0.3) is 11.1 Å². The number of aromatic hydroxyl groups is 1. The van der Waals surface area contributed by atoms with Crippen LogP contribution in [0.2, 0.25) is 0 Å². The molecule has 0 bridgehead atoms.